The van der Waals surface area contributed by atoms with Gasteiger partial charge < -0.3 is 14.4 Å². The lowest BCUT2D eigenvalue weighted by Crippen LogP contribution is -2.44. The molecule has 2 fully saturated rings. The molecule has 1 saturated carbocycles. The van der Waals surface area contributed by atoms with Crippen molar-refractivity contribution in [3.8, 4) is 0 Å². The lowest BCUT2D eigenvalue weighted by molar-refractivity contribution is -0.113. The van der Waals surface area contributed by atoms with E-state index in [4.69, 9.17) is 9.47 Å². The van der Waals surface area contributed by atoms with E-state index in [2.05, 4.69) is 20.9 Å². The van der Waals surface area contributed by atoms with Gasteiger partial charge in [0.1, 0.15) is 0 Å². The van der Waals surface area contributed by atoms with Gasteiger partial charge in [-0.1, -0.05) is 12.5 Å². The van der Waals surface area contributed by atoms with Crippen LogP contribution in [0.3, 0.4) is 0 Å². The van der Waals surface area contributed by atoms with Gasteiger partial charge in [-0.3, -0.25) is 9.78 Å². The van der Waals surface area contributed by atoms with E-state index in [0.29, 0.717) is 6.61 Å². The van der Waals surface area contributed by atoms with Gasteiger partial charge in [-0.05, 0) is 55.5 Å². The zero-order valence-corrected chi connectivity index (χ0v) is 17.0. The normalized spacial score (nSPS) is 29.3. The molecule has 3 aliphatic heterocycles. The number of rotatable bonds is 1. The van der Waals surface area contributed by atoms with E-state index in [1.165, 1.54) is 5.56 Å². The highest BCUT2D eigenvalue weighted by Crippen LogP contribution is 2.45. The number of pyridine rings is 1. The second-order valence-electron chi connectivity index (χ2n) is 7.89. The van der Waals surface area contributed by atoms with Crippen molar-refractivity contribution in [1.82, 2.24) is 9.88 Å². The number of piperidine rings is 1. The maximum atomic E-state index is 12.6. The Labute approximate surface area is 169 Å². The van der Waals surface area contributed by atoms with Crippen molar-refractivity contribution >= 4 is 22.8 Å². The largest absolute Gasteiger partial charge is 0.377 e. The summed E-state index contributed by atoms with van der Waals surface area (Å²) < 4.78 is 11.8. The molecule has 0 N–H and O–H groups in total. The minimum atomic E-state index is -0.222. The second-order valence-corrected chi connectivity index (χ2v) is 8.87. The summed E-state index contributed by atoms with van der Waals surface area (Å²) in [5, 5.41) is 0.840. The molecule has 1 aliphatic carbocycles. The molecule has 4 heterocycles. The summed E-state index contributed by atoms with van der Waals surface area (Å²) in [4.78, 5) is 24.5. The number of likely N-dealkylation sites (tertiary alicyclic amines) is 1. The van der Waals surface area contributed by atoms with Crippen LogP contribution in [-0.2, 0) is 26.5 Å². The van der Waals surface area contributed by atoms with Crippen LogP contribution < -0.4 is 0 Å². The number of amides is 1. The molecule has 1 unspecified atom stereocenters. The van der Waals surface area contributed by atoms with Crippen molar-refractivity contribution in [2.24, 2.45) is 4.99 Å². The Morgan fingerprint density at radius 1 is 1.32 bits per heavy atom. The number of thioether (sulfide) groups is 1. The van der Waals surface area contributed by atoms with Crippen LogP contribution in [0.1, 0.15) is 49.8 Å². The monoisotopic (exact) mass is 399 g/mol. The second kappa shape index (κ2) is 7.28. The molecule has 0 bridgehead atoms. The van der Waals surface area contributed by atoms with E-state index in [1.54, 1.807) is 18.9 Å². The molecule has 28 heavy (non-hydrogen) atoms. The first-order chi connectivity index (χ1) is 13.7. The van der Waals surface area contributed by atoms with Crippen molar-refractivity contribution in [1.29, 1.82) is 0 Å². The minimum absolute atomic E-state index is 0.0651. The van der Waals surface area contributed by atoms with Crippen molar-refractivity contribution in [2.75, 3.05) is 20.2 Å². The lowest BCUT2D eigenvalue weighted by atomic mass is 9.85. The van der Waals surface area contributed by atoms with Crippen LogP contribution in [0.15, 0.2) is 33.8 Å². The predicted molar refractivity (Wildman–Crippen MR) is 108 cm³/mol. The maximum Gasteiger partial charge on any atom is 0.286 e. The van der Waals surface area contributed by atoms with Crippen LogP contribution in [0, 0.1) is 0 Å². The van der Waals surface area contributed by atoms with Gasteiger partial charge in [0.15, 0.2) is 5.17 Å². The minimum Gasteiger partial charge on any atom is -0.377 e. The Hall–Kier alpha value is -1.70. The van der Waals surface area contributed by atoms with Gasteiger partial charge in [0.05, 0.1) is 28.9 Å². The molecule has 5 rings (SSSR count). The number of ether oxygens (including phenoxy) is 2. The van der Waals surface area contributed by atoms with Gasteiger partial charge in [-0.2, -0.15) is 4.99 Å². The van der Waals surface area contributed by atoms with Crippen LogP contribution in [0.2, 0.25) is 0 Å². The summed E-state index contributed by atoms with van der Waals surface area (Å²) in [6, 6.07) is 4.14. The topological polar surface area (TPSA) is 64.0 Å². The quantitative estimate of drug-likeness (QED) is 0.675. The number of carbonyl (C=O) groups excluding carboxylic acids is 1. The number of fused-ring (bicyclic) bond motifs is 2. The molecule has 7 heteroatoms. The van der Waals surface area contributed by atoms with Crippen molar-refractivity contribution in [3.63, 3.8) is 0 Å². The van der Waals surface area contributed by atoms with Gasteiger partial charge in [0.25, 0.3) is 5.91 Å². The number of nitrogens with zero attached hydrogens (tertiary/aromatic N) is 3. The summed E-state index contributed by atoms with van der Waals surface area (Å²) >= 11 is 1.54. The highest BCUT2D eigenvalue weighted by Gasteiger charge is 2.44. The van der Waals surface area contributed by atoms with Gasteiger partial charge in [0.2, 0.25) is 0 Å². The summed E-state index contributed by atoms with van der Waals surface area (Å²) in [7, 11) is 1.74. The summed E-state index contributed by atoms with van der Waals surface area (Å²) in [5.74, 6) is -0.0918. The van der Waals surface area contributed by atoms with Crippen LogP contribution in [0.25, 0.3) is 0 Å². The first-order valence-electron chi connectivity index (χ1n) is 10.1. The first-order valence-corrected chi connectivity index (χ1v) is 10.9. The SMILES string of the molecule is COC1CCCC/C1=C1/SC(N2CCC3(CC2)OCc2ncccc23)=NC1=O. The molecule has 148 valence electrons. The van der Waals surface area contributed by atoms with Crippen LogP contribution >= 0.6 is 11.8 Å². The number of hydrogen-bond acceptors (Lipinski definition) is 6. The van der Waals surface area contributed by atoms with Gasteiger partial charge in [-0.15, -0.1) is 0 Å². The third-order valence-corrected chi connectivity index (χ3v) is 7.59. The number of amidine groups is 1. The van der Waals surface area contributed by atoms with E-state index >= 15 is 0 Å². The molecule has 0 aromatic carbocycles. The number of methoxy groups -OCH3 is 1. The van der Waals surface area contributed by atoms with E-state index in [9.17, 15) is 4.79 Å². The predicted octanol–water partition coefficient (Wildman–Crippen LogP) is 3.38. The van der Waals surface area contributed by atoms with Crippen molar-refractivity contribution in [2.45, 2.75) is 56.8 Å². The third kappa shape index (κ3) is 3.00. The summed E-state index contributed by atoms with van der Waals surface area (Å²) in [6.45, 7) is 2.27. The molecule has 0 radical (unpaired) electrons. The lowest BCUT2D eigenvalue weighted by Gasteiger charge is -2.39. The maximum absolute atomic E-state index is 12.6. The Morgan fingerprint density at radius 3 is 3.00 bits per heavy atom. The number of aromatic nitrogens is 1. The van der Waals surface area contributed by atoms with E-state index in [1.807, 2.05) is 12.3 Å². The van der Waals surface area contributed by atoms with Crippen LogP contribution in [0.5, 0.6) is 0 Å². The molecule has 1 aromatic rings. The molecule has 1 atom stereocenters. The van der Waals surface area contributed by atoms with Gasteiger partial charge in [-0.25, -0.2) is 0 Å². The molecule has 1 spiro atoms. The molecule has 1 aromatic heterocycles. The molecule has 6 nitrogen and oxygen atoms in total. The standard InChI is InChI=1S/C21H25N3O3S/c1-26-17-7-3-2-5-14(17)18-19(25)23-20(28-18)24-11-8-21(9-12-24)15-6-4-10-22-16(15)13-27-21/h4,6,10,17H,2-3,5,7-9,11-13H2,1H3/b18-14-. The highest BCUT2D eigenvalue weighted by atomic mass is 32.2. The number of carbonyl (C=O) groups is 1. The van der Waals surface area contributed by atoms with E-state index in [0.717, 1.165) is 73.0 Å². The Morgan fingerprint density at radius 2 is 2.18 bits per heavy atom. The average Bonchev–Trinajstić information content (AvgIpc) is 3.30. The average molecular weight is 400 g/mol. The summed E-state index contributed by atoms with van der Waals surface area (Å²) in [5.41, 5.74) is 3.23. The van der Waals surface area contributed by atoms with E-state index < -0.39 is 0 Å². The molecule has 1 amide bonds. The highest BCUT2D eigenvalue weighted by molar-refractivity contribution is 8.18. The van der Waals surface area contributed by atoms with E-state index in [-0.39, 0.29) is 17.6 Å². The van der Waals surface area contributed by atoms with Crippen molar-refractivity contribution < 1.29 is 14.3 Å². The fraction of sp³-hybridized carbons (Fsp3) is 0.571. The van der Waals surface area contributed by atoms with Crippen molar-refractivity contribution in [3.05, 3.63) is 40.1 Å². The third-order valence-electron chi connectivity index (χ3n) is 6.42. The zero-order chi connectivity index (χ0) is 19.1. The fourth-order valence-electron chi connectivity index (χ4n) is 4.86. The van der Waals surface area contributed by atoms with Crippen LogP contribution in [-0.4, -0.2) is 47.3 Å². The first kappa shape index (κ1) is 18.3. The van der Waals surface area contributed by atoms with Gasteiger partial charge in [0, 0.05) is 32.0 Å². The Balaban J connectivity index is 1.31. The number of hydrogen-bond donors (Lipinski definition) is 0. The zero-order valence-electron chi connectivity index (χ0n) is 16.1. The molecular formula is C21H25N3O3S. The molecular weight excluding hydrogens is 374 g/mol. The number of aliphatic imine (C=N–C) groups is 1. The smallest absolute Gasteiger partial charge is 0.286 e. The Kier molecular flexibility index (Phi) is 4.77. The van der Waals surface area contributed by atoms with Crippen LogP contribution in [0.4, 0.5) is 0 Å². The Bertz CT molecular complexity index is 858. The summed E-state index contributed by atoms with van der Waals surface area (Å²) in [6.07, 6.45) is 7.91. The fourth-order valence-corrected chi connectivity index (χ4v) is 5.98. The van der Waals surface area contributed by atoms with Gasteiger partial charge >= 0.3 is 0 Å². The molecule has 4 aliphatic rings. The molecule has 1 saturated heterocycles.